The van der Waals surface area contributed by atoms with E-state index in [1.807, 2.05) is 54.6 Å². The molecule has 0 fully saturated rings. The first-order chi connectivity index (χ1) is 14.6. The fraction of sp³-hybridized carbons (Fsp3) is 0.0833. The molecule has 4 rings (SSSR count). The average molecular weight is 464 g/mol. The minimum Gasteiger partial charge on any atom is -0.463 e. The number of allylic oxidation sites excluding steroid dienone is 2. The molecule has 0 radical (unpaired) electrons. The van der Waals surface area contributed by atoms with Crippen LogP contribution in [0, 0.1) is 0 Å². The summed E-state index contributed by atoms with van der Waals surface area (Å²) < 4.78 is 17.8. The first kappa shape index (κ1) is 19.9. The molecule has 0 saturated carbocycles. The van der Waals surface area contributed by atoms with Gasteiger partial charge in [-0.3, -0.25) is 0 Å². The molecule has 1 aliphatic rings. The monoisotopic (exact) mass is 463 g/mol. The van der Waals surface area contributed by atoms with E-state index in [9.17, 15) is 4.79 Å². The van der Waals surface area contributed by atoms with Gasteiger partial charge in [-0.05, 0) is 42.8 Å². The zero-order valence-electron chi connectivity index (χ0n) is 16.2. The SMILES string of the molecule is CCOC(=O)C=CC=C1OC(/C=C/c2ccccc2)=Nc2c1oc1ccc(Br)cc21. The summed E-state index contributed by atoms with van der Waals surface area (Å²) in [6.07, 6.45) is 8.30. The number of nitrogens with zero attached hydrogens (tertiary/aromatic N) is 1. The molecule has 0 atom stereocenters. The highest BCUT2D eigenvalue weighted by atomic mass is 79.9. The Morgan fingerprint density at radius 1 is 1.17 bits per heavy atom. The van der Waals surface area contributed by atoms with E-state index >= 15 is 0 Å². The summed E-state index contributed by atoms with van der Waals surface area (Å²) in [6, 6.07) is 15.6. The minimum absolute atomic E-state index is 0.319. The van der Waals surface area contributed by atoms with Gasteiger partial charge >= 0.3 is 5.97 Å². The maximum absolute atomic E-state index is 11.6. The summed E-state index contributed by atoms with van der Waals surface area (Å²) in [5, 5.41) is 0.869. The van der Waals surface area contributed by atoms with E-state index in [2.05, 4.69) is 20.9 Å². The molecule has 3 aromatic rings. The average Bonchev–Trinajstić information content (AvgIpc) is 3.11. The van der Waals surface area contributed by atoms with Crippen LogP contribution in [0.25, 0.3) is 22.8 Å². The Labute approximate surface area is 182 Å². The second-order valence-corrected chi connectivity index (χ2v) is 7.27. The Hall–Kier alpha value is -3.38. The molecule has 0 unspecified atom stereocenters. The molecule has 5 nitrogen and oxygen atoms in total. The van der Waals surface area contributed by atoms with Gasteiger partial charge in [0.1, 0.15) is 11.3 Å². The summed E-state index contributed by atoms with van der Waals surface area (Å²) in [6.45, 7) is 2.08. The molecule has 1 aliphatic heterocycles. The van der Waals surface area contributed by atoms with Crippen LogP contribution in [0.4, 0.5) is 5.69 Å². The molecule has 0 amide bonds. The zero-order chi connectivity index (χ0) is 20.9. The number of fused-ring (bicyclic) bond motifs is 3. The smallest absolute Gasteiger partial charge is 0.330 e. The Balaban J connectivity index is 1.74. The number of aliphatic imine (C=N–C) groups is 1. The van der Waals surface area contributed by atoms with Crippen LogP contribution in [0.2, 0.25) is 0 Å². The normalized spacial score (nSPS) is 14.9. The van der Waals surface area contributed by atoms with E-state index < -0.39 is 5.97 Å². The first-order valence-corrected chi connectivity index (χ1v) is 10.2. The van der Waals surface area contributed by atoms with Crippen LogP contribution >= 0.6 is 15.9 Å². The lowest BCUT2D eigenvalue weighted by atomic mass is 10.2. The Bertz CT molecular complexity index is 1200. The van der Waals surface area contributed by atoms with E-state index in [1.165, 1.54) is 6.08 Å². The number of benzene rings is 2. The van der Waals surface area contributed by atoms with Crippen LogP contribution in [-0.2, 0) is 14.3 Å². The predicted molar refractivity (Wildman–Crippen MR) is 121 cm³/mol. The fourth-order valence-electron chi connectivity index (χ4n) is 2.94. The second kappa shape index (κ2) is 8.97. The minimum atomic E-state index is -0.420. The highest BCUT2D eigenvalue weighted by molar-refractivity contribution is 9.10. The van der Waals surface area contributed by atoms with Crippen molar-refractivity contribution in [1.29, 1.82) is 0 Å². The molecule has 0 N–H and O–H groups in total. The fourth-order valence-corrected chi connectivity index (χ4v) is 3.31. The standard InChI is InChI=1S/C24H18BrNO4/c1-2-28-22(27)10-6-9-20-24-23(18-15-17(25)12-13-19(18)30-24)26-21(29-20)14-11-16-7-4-3-5-8-16/h3-15H,2H2,1H3/b10-6?,14-11+,20-9?. The Morgan fingerprint density at radius 2 is 2.00 bits per heavy atom. The van der Waals surface area contributed by atoms with Crippen LogP contribution < -0.4 is 0 Å². The van der Waals surface area contributed by atoms with Crippen molar-refractivity contribution in [2.24, 2.45) is 4.99 Å². The maximum Gasteiger partial charge on any atom is 0.330 e. The van der Waals surface area contributed by atoms with Gasteiger partial charge in [-0.25, -0.2) is 9.79 Å². The number of esters is 1. The van der Waals surface area contributed by atoms with Gasteiger partial charge in [0.05, 0.1) is 6.61 Å². The molecule has 0 spiro atoms. The lowest BCUT2D eigenvalue weighted by molar-refractivity contribution is -0.137. The van der Waals surface area contributed by atoms with Gasteiger partial charge in [0.25, 0.3) is 0 Å². The predicted octanol–water partition coefficient (Wildman–Crippen LogP) is 6.43. The van der Waals surface area contributed by atoms with E-state index in [4.69, 9.17) is 13.9 Å². The number of rotatable bonds is 5. The number of carbonyl (C=O) groups is 1. The van der Waals surface area contributed by atoms with Gasteiger partial charge in [0.15, 0.2) is 11.5 Å². The number of hydrogen-bond acceptors (Lipinski definition) is 5. The van der Waals surface area contributed by atoms with E-state index in [1.54, 1.807) is 25.2 Å². The van der Waals surface area contributed by atoms with Crippen LogP contribution in [0.1, 0.15) is 18.2 Å². The molecule has 2 heterocycles. The van der Waals surface area contributed by atoms with E-state index in [0.29, 0.717) is 35.3 Å². The number of ether oxygens (including phenoxy) is 2. The van der Waals surface area contributed by atoms with Gasteiger partial charge in [-0.15, -0.1) is 0 Å². The highest BCUT2D eigenvalue weighted by Gasteiger charge is 2.24. The molecule has 2 aromatic carbocycles. The topological polar surface area (TPSA) is 61.0 Å². The molecular weight excluding hydrogens is 446 g/mol. The van der Waals surface area contributed by atoms with Crippen molar-refractivity contribution < 1.29 is 18.7 Å². The highest BCUT2D eigenvalue weighted by Crippen LogP contribution is 2.42. The number of halogens is 1. The third kappa shape index (κ3) is 4.44. The Morgan fingerprint density at radius 3 is 2.80 bits per heavy atom. The number of hydrogen-bond donors (Lipinski definition) is 0. The van der Waals surface area contributed by atoms with E-state index in [0.717, 1.165) is 15.4 Å². The van der Waals surface area contributed by atoms with Crippen molar-refractivity contribution in [1.82, 2.24) is 0 Å². The first-order valence-electron chi connectivity index (χ1n) is 9.41. The zero-order valence-corrected chi connectivity index (χ0v) is 17.8. The van der Waals surface area contributed by atoms with Crippen LogP contribution in [-0.4, -0.2) is 18.5 Å². The molecular formula is C24H18BrNO4. The summed E-state index contributed by atoms with van der Waals surface area (Å²) in [5.41, 5.74) is 2.41. The molecule has 6 heteroatoms. The summed E-state index contributed by atoms with van der Waals surface area (Å²) in [4.78, 5) is 16.2. The second-order valence-electron chi connectivity index (χ2n) is 6.36. The molecule has 1 aromatic heterocycles. The van der Waals surface area contributed by atoms with Crippen LogP contribution in [0.3, 0.4) is 0 Å². The largest absolute Gasteiger partial charge is 0.463 e. The molecule has 30 heavy (non-hydrogen) atoms. The lowest BCUT2D eigenvalue weighted by Gasteiger charge is -2.13. The van der Waals surface area contributed by atoms with Gasteiger partial charge < -0.3 is 13.9 Å². The van der Waals surface area contributed by atoms with Gasteiger partial charge in [-0.2, -0.15) is 0 Å². The molecule has 0 bridgehead atoms. The van der Waals surface area contributed by atoms with Crippen molar-refractivity contribution in [2.75, 3.05) is 6.61 Å². The lowest BCUT2D eigenvalue weighted by Crippen LogP contribution is -2.05. The maximum atomic E-state index is 11.6. The summed E-state index contributed by atoms with van der Waals surface area (Å²) >= 11 is 3.50. The van der Waals surface area contributed by atoms with Crippen molar-refractivity contribution in [2.45, 2.75) is 6.92 Å². The Kier molecular flexibility index (Phi) is 5.95. The van der Waals surface area contributed by atoms with Crippen molar-refractivity contribution in [3.8, 4) is 0 Å². The van der Waals surface area contributed by atoms with Crippen molar-refractivity contribution in [3.63, 3.8) is 0 Å². The van der Waals surface area contributed by atoms with Crippen molar-refractivity contribution >= 4 is 56.3 Å². The molecule has 0 aliphatic carbocycles. The van der Waals surface area contributed by atoms with Gasteiger partial charge in [0.2, 0.25) is 5.90 Å². The van der Waals surface area contributed by atoms with E-state index in [-0.39, 0.29) is 0 Å². The molecule has 150 valence electrons. The summed E-state index contributed by atoms with van der Waals surface area (Å²) in [5.74, 6) is 0.968. The third-order valence-corrected chi connectivity index (χ3v) is 4.76. The summed E-state index contributed by atoms with van der Waals surface area (Å²) in [7, 11) is 0. The number of carbonyl (C=O) groups excluding carboxylic acids is 1. The van der Waals surface area contributed by atoms with Crippen LogP contribution in [0.15, 0.2) is 86.7 Å². The van der Waals surface area contributed by atoms with Gasteiger partial charge in [-0.1, -0.05) is 52.3 Å². The quantitative estimate of drug-likeness (QED) is 0.323. The number of furan rings is 1. The molecule has 0 saturated heterocycles. The van der Waals surface area contributed by atoms with Crippen LogP contribution in [0.5, 0.6) is 0 Å². The van der Waals surface area contributed by atoms with Gasteiger partial charge in [0, 0.05) is 22.0 Å². The third-order valence-electron chi connectivity index (χ3n) is 4.27. The van der Waals surface area contributed by atoms with Crippen molar-refractivity contribution in [3.05, 3.63) is 88.6 Å².